The maximum Gasteiger partial charge on any atom is 0.138 e. The highest BCUT2D eigenvalue weighted by Crippen LogP contribution is 2.33. The maximum absolute atomic E-state index is 5.70. The average molecular weight is 405 g/mol. The first-order valence-corrected chi connectivity index (χ1v) is 8.56. The summed E-state index contributed by atoms with van der Waals surface area (Å²) in [7, 11) is 0. The molecule has 1 heterocycles. The summed E-state index contributed by atoms with van der Waals surface area (Å²) in [6.45, 7) is 4.32. The number of hydrogen-bond acceptors (Lipinski definition) is 3. The lowest BCUT2D eigenvalue weighted by Crippen LogP contribution is -2.13. The molecule has 2 rings (SSSR count). The van der Waals surface area contributed by atoms with Crippen LogP contribution in [0, 0.1) is 0 Å². The van der Waals surface area contributed by atoms with E-state index in [1.807, 2.05) is 13.0 Å². The van der Waals surface area contributed by atoms with Crippen LogP contribution in [0.4, 0.5) is 0 Å². The SMILES string of the molecule is CCOc1c(Br)cc(Br)cc1CNCc1ccsc1. The van der Waals surface area contributed by atoms with Gasteiger partial charge < -0.3 is 10.1 Å². The van der Waals surface area contributed by atoms with Crippen molar-refractivity contribution in [3.63, 3.8) is 0 Å². The Balaban J connectivity index is 2.05. The van der Waals surface area contributed by atoms with Gasteiger partial charge in [-0.3, -0.25) is 0 Å². The number of rotatable bonds is 6. The zero-order chi connectivity index (χ0) is 13.7. The first-order valence-electron chi connectivity index (χ1n) is 6.03. The minimum Gasteiger partial charge on any atom is -0.492 e. The predicted octanol–water partition coefficient (Wildman–Crippen LogP) is 4.96. The number of thiophene rings is 1. The number of nitrogens with one attached hydrogen (secondary N) is 1. The van der Waals surface area contributed by atoms with E-state index in [0.717, 1.165) is 33.3 Å². The largest absolute Gasteiger partial charge is 0.492 e. The molecule has 2 aromatic rings. The highest BCUT2D eigenvalue weighted by molar-refractivity contribution is 9.11. The van der Waals surface area contributed by atoms with Crippen molar-refractivity contribution in [1.29, 1.82) is 0 Å². The molecule has 0 aliphatic carbocycles. The third-order valence-corrected chi connectivity index (χ3v) is 4.38. The summed E-state index contributed by atoms with van der Waals surface area (Å²) >= 11 is 8.79. The molecule has 0 saturated carbocycles. The summed E-state index contributed by atoms with van der Waals surface area (Å²) < 4.78 is 7.74. The second-order valence-corrected chi connectivity index (χ2v) is 6.59. The molecule has 19 heavy (non-hydrogen) atoms. The van der Waals surface area contributed by atoms with Crippen LogP contribution in [0.3, 0.4) is 0 Å². The van der Waals surface area contributed by atoms with E-state index in [-0.39, 0.29) is 0 Å². The molecule has 1 aromatic heterocycles. The third-order valence-electron chi connectivity index (χ3n) is 2.60. The second kappa shape index (κ2) is 7.43. The fraction of sp³-hybridized carbons (Fsp3) is 0.286. The van der Waals surface area contributed by atoms with Crippen LogP contribution in [0.5, 0.6) is 5.75 Å². The maximum atomic E-state index is 5.70. The van der Waals surface area contributed by atoms with Crippen molar-refractivity contribution in [3.8, 4) is 5.75 Å². The molecule has 0 bridgehead atoms. The van der Waals surface area contributed by atoms with E-state index in [2.05, 4.69) is 60.1 Å². The third kappa shape index (κ3) is 4.31. The Morgan fingerprint density at radius 2 is 2.11 bits per heavy atom. The summed E-state index contributed by atoms with van der Waals surface area (Å²) in [5.74, 6) is 0.920. The first kappa shape index (κ1) is 15.0. The Kier molecular flexibility index (Phi) is 5.88. The molecule has 0 fully saturated rings. The van der Waals surface area contributed by atoms with E-state index < -0.39 is 0 Å². The molecule has 0 radical (unpaired) electrons. The van der Waals surface area contributed by atoms with Gasteiger partial charge in [0.15, 0.2) is 0 Å². The highest BCUT2D eigenvalue weighted by Gasteiger charge is 2.09. The molecule has 1 N–H and O–H groups in total. The van der Waals surface area contributed by atoms with Gasteiger partial charge in [-0.15, -0.1) is 0 Å². The van der Waals surface area contributed by atoms with Crippen molar-refractivity contribution >= 4 is 43.2 Å². The standard InChI is InChI=1S/C14H15Br2NOS/c1-2-18-14-11(5-12(15)6-13(14)16)8-17-7-10-3-4-19-9-10/h3-6,9,17H,2,7-8H2,1H3. The minimum absolute atomic E-state index is 0.664. The van der Waals surface area contributed by atoms with Crippen LogP contribution in [0.25, 0.3) is 0 Å². The first-order chi connectivity index (χ1) is 9.20. The molecule has 102 valence electrons. The summed E-state index contributed by atoms with van der Waals surface area (Å²) in [6.07, 6.45) is 0. The van der Waals surface area contributed by atoms with Crippen LogP contribution in [0.15, 0.2) is 37.9 Å². The quantitative estimate of drug-likeness (QED) is 0.734. The van der Waals surface area contributed by atoms with Crippen molar-refractivity contribution in [2.24, 2.45) is 0 Å². The van der Waals surface area contributed by atoms with Crippen molar-refractivity contribution in [2.45, 2.75) is 20.0 Å². The van der Waals surface area contributed by atoms with Gasteiger partial charge in [-0.05, 0) is 57.4 Å². The molecule has 0 atom stereocenters. The van der Waals surface area contributed by atoms with Gasteiger partial charge in [0.25, 0.3) is 0 Å². The molecule has 0 amide bonds. The fourth-order valence-corrected chi connectivity index (χ4v) is 3.88. The Bertz CT molecular complexity index is 528. The van der Waals surface area contributed by atoms with Crippen LogP contribution in [0.2, 0.25) is 0 Å². The lowest BCUT2D eigenvalue weighted by atomic mass is 10.2. The predicted molar refractivity (Wildman–Crippen MR) is 87.9 cm³/mol. The number of halogens is 2. The van der Waals surface area contributed by atoms with Gasteiger partial charge in [-0.2, -0.15) is 11.3 Å². The summed E-state index contributed by atoms with van der Waals surface area (Å²) in [5.41, 5.74) is 2.47. The Morgan fingerprint density at radius 3 is 2.79 bits per heavy atom. The number of ether oxygens (including phenoxy) is 1. The van der Waals surface area contributed by atoms with Crippen molar-refractivity contribution in [3.05, 3.63) is 49.0 Å². The molecule has 1 aromatic carbocycles. The van der Waals surface area contributed by atoms with Gasteiger partial charge in [0.1, 0.15) is 5.75 Å². The van der Waals surface area contributed by atoms with E-state index in [0.29, 0.717) is 6.61 Å². The van der Waals surface area contributed by atoms with E-state index >= 15 is 0 Å². The smallest absolute Gasteiger partial charge is 0.138 e. The Labute approximate surface area is 134 Å². The summed E-state index contributed by atoms with van der Waals surface area (Å²) in [4.78, 5) is 0. The molecular weight excluding hydrogens is 390 g/mol. The lowest BCUT2D eigenvalue weighted by Gasteiger charge is -2.13. The van der Waals surface area contributed by atoms with E-state index in [1.165, 1.54) is 5.56 Å². The van der Waals surface area contributed by atoms with Crippen LogP contribution in [0.1, 0.15) is 18.1 Å². The van der Waals surface area contributed by atoms with Gasteiger partial charge in [-0.25, -0.2) is 0 Å². The zero-order valence-electron chi connectivity index (χ0n) is 10.6. The van der Waals surface area contributed by atoms with E-state index in [1.54, 1.807) is 11.3 Å². The van der Waals surface area contributed by atoms with Crippen molar-refractivity contribution < 1.29 is 4.74 Å². The van der Waals surface area contributed by atoms with Crippen molar-refractivity contribution in [2.75, 3.05) is 6.61 Å². The second-order valence-electron chi connectivity index (χ2n) is 4.04. The highest BCUT2D eigenvalue weighted by atomic mass is 79.9. The van der Waals surface area contributed by atoms with E-state index in [4.69, 9.17) is 4.74 Å². The molecule has 0 aliphatic rings. The topological polar surface area (TPSA) is 21.3 Å². The van der Waals surface area contributed by atoms with Crippen LogP contribution >= 0.6 is 43.2 Å². The molecule has 0 unspecified atom stereocenters. The van der Waals surface area contributed by atoms with Crippen LogP contribution < -0.4 is 10.1 Å². The van der Waals surface area contributed by atoms with Crippen LogP contribution in [-0.2, 0) is 13.1 Å². The van der Waals surface area contributed by atoms with Gasteiger partial charge in [-0.1, -0.05) is 15.9 Å². The molecule has 0 aliphatic heterocycles. The van der Waals surface area contributed by atoms with Crippen molar-refractivity contribution in [1.82, 2.24) is 5.32 Å². The molecule has 2 nitrogen and oxygen atoms in total. The molecule has 5 heteroatoms. The molecule has 0 spiro atoms. The summed E-state index contributed by atoms with van der Waals surface area (Å²) in [6, 6.07) is 6.24. The number of benzene rings is 1. The van der Waals surface area contributed by atoms with Gasteiger partial charge in [0, 0.05) is 23.1 Å². The zero-order valence-corrected chi connectivity index (χ0v) is 14.6. The molecular formula is C14H15Br2NOS. The number of hydrogen-bond donors (Lipinski definition) is 1. The van der Waals surface area contributed by atoms with Crippen LogP contribution in [-0.4, -0.2) is 6.61 Å². The van der Waals surface area contributed by atoms with Gasteiger partial charge >= 0.3 is 0 Å². The lowest BCUT2D eigenvalue weighted by molar-refractivity contribution is 0.333. The minimum atomic E-state index is 0.664. The normalized spacial score (nSPS) is 10.7. The van der Waals surface area contributed by atoms with Gasteiger partial charge in [0.2, 0.25) is 0 Å². The fourth-order valence-electron chi connectivity index (χ4n) is 1.79. The summed E-state index contributed by atoms with van der Waals surface area (Å²) in [5, 5.41) is 7.70. The average Bonchev–Trinajstić information content (AvgIpc) is 2.86. The monoisotopic (exact) mass is 403 g/mol. The Morgan fingerprint density at radius 1 is 1.26 bits per heavy atom. The Hall–Kier alpha value is -0.360. The van der Waals surface area contributed by atoms with Gasteiger partial charge in [0.05, 0.1) is 11.1 Å². The van der Waals surface area contributed by atoms with E-state index in [9.17, 15) is 0 Å². The molecule has 0 saturated heterocycles.